The number of carbonyl (C=O) groups excluding carboxylic acids is 2. The van der Waals surface area contributed by atoms with E-state index in [1.807, 2.05) is 41.5 Å². The highest BCUT2D eigenvalue weighted by Crippen LogP contribution is 2.46. The summed E-state index contributed by atoms with van der Waals surface area (Å²) < 4.78 is 10.0. The van der Waals surface area contributed by atoms with Crippen LogP contribution in [-0.4, -0.2) is 30.4 Å². The fraction of sp³-hybridized carbons (Fsp3) is 0.867. The maximum absolute atomic E-state index is 11.3. The van der Waals surface area contributed by atoms with Gasteiger partial charge in [0.1, 0.15) is 6.10 Å². The van der Waals surface area contributed by atoms with Crippen LogP contribution >= 0.6 is 0 Å². The molecule has 0 heterocycles. The first-order chi connectivity index (χ1) is 9.73. The highest BCUT2D eigenvalue weighted by atomic mass is 16.6. The van der Waals surface area contributed by atoms with Gasteiger partial charge in [0, 0.05) is 0 Å². The van der Waals surface area contributed by atoms with Crippen molar-refractivity contribution in [1.29, 1.82) is 0 Å². The summed E-state index contributed by atoms with van der Waals surface area (Å²) in [7, 11) is 0. The molecule has 0 fully saturated rings. The molecule has 0 unspecified atom stereocenters. The van der Waals surface area contributed by atoms with Gasteiger partial charge in [-0.2, -0.15) is 0 Å². The van der Waals surface area contributed by atoms with Gasteiger partial charge in [0.2, 0.25) is 0 Å². The average molecular weight is 317 g/mol. The van der Waals surface area contributed by atoms with Crippen LogP contribution in [0, 0.1) is 10.8 Å². The van der Waals surface area contributed by atoms with Crippen molar-refractivity contribution in [3.63, 3.8) is 0 Å². The van der Waals surface area contributed by atoms with Crippen LogP contribution in [0.3, 0.4) is 0 Å². The summed E-state index contributed by atoms with van der Waals surface area (Å²) in [5.74, 6) is 0. The minimum Gasteiger partial charge on any atom is -0.450 e. The Morgan fingerprint density at radius 1 is 0.955 bits per heavy atom. The van der Waals surface area contributed by atoms with Crippen LogP contribution in [0.25, 0.3) is 0 Å². The Morgan fingerprint density at radius 3 is 1.73 bits per heavy atom. The number of hydrogen-bond acceptors (Lipinski definition) is 5. The van der Waals surface area contributed by atoms with Crippen LogP contribution in [0.4, 0.5) is 9.59 Å². The van der Waals surface area contributed by atoms with Crippen LogP contribution in [0.15, 0.2) is 0 Å². The minimum atomic E-state index is -0.871. The summed E-state index contributed by atoms with van der Waals surface area (Å²) in [5, 5.41) is 0. The number of primary amides is 2. The maximum atomic E-state index is 11.3. The number of hydrogen-bond donors (Lipinski definition) is 3. The lowest BCUT2D eigenvalue weighted by atomic mass is 9.57. The molecule has 0 aliphatic rings. The minimum absolute atomic E-state index is 0.137. The van der Waals surface area contributed by atoms with E-state index < -0.39 is 23.8 Å². The third-order valence-corrected chi connectivity index (χ3v) is 4.10. The predicted molar refractivity (Wildman–Crippen MR) is 85.1 cm³/mol. The molecule has 0 aromatic rings. The van der Waals surface area contributed by atoms with Crippen molar-refractivity contribution >= 4 is 12.2 Å². The zero-order valence-corrected chi connectivity index (χ0v) is 14.6. The second-order valence-electron chi connectivity index (χ2n) is 7.60. The summed E-state index contributed by atoms with van der Waals surface area (Å²) >= 11 is 0. The van der Waals surface area contributed by atoms with Crippen molar-refractivity contribution in [3.8, 4) is 0 Å². The Kier molecular flexibility index (Phi) is 6.69. The molecule has 22 heavy (non-hydrogen) atoms. The van der Waals surface area contributed by atoms with Gasteiger partial charge in [0.05, 0.1) is 12.1 Å². The first kappa shape index (κ1) is 20.5. The molecule has 0 saturated carbocycles. The SMILES string of the molecule is CC(C)(C)C(N)([C@H](CCCOC(N)=O)OC(N)=O)C(C)(C)C. The van der Waals surface area contributed by atoms with Crippen molar-refractivity contribution in [3.05, 3.63) is 0 Å². The quantitative estimate of drug-likeness (QED) is 0.646. The first-order valence-corrected chi connectivity index (χ1v) is 7.40. The smallest absolute Gasteiger partial charge is 0.404 e. The number of rotatable bonds is 6. The van der Waals surface area contributed by atoms with Gasteiger partial charge in [0.25, 0.3) is 0 Å². The molecule has 7 nitrogen and oxygen atoms in total. The molecule has 0 bridgehead atoms. The van der Waals surface area contributed by atoms with Crippen molar-refractivity contribution in [2.45, 2.75) is 66.0 Å². The second kappa shape index (κ2) is 7.17. The standard InChI is InChI=1S/C15H31N3O4/c1-13(2,3)15(18,14(4,5)6)10(22-12(17)20)8-7-9-21-11(16)19/h10H,7-9,18H2,1-6H3,(H2,16,19)(H2,17,20)/t10-/m0/s1. The molecule has 0 aliphatic heterocycles. The highest BCUT2D eigenvalue weighted by molar-refractivity contribution is 5.65. The molecule has 0 aromatic carbocycles. The second-order valence-corrected chi connectivity index (χ2v) is 7.60. The summed E-state index contributed by atoms with van der Waals surface area (Å²) in [5.41, 5.74) is 15.3. The maximum Gasteiger partial charge on any atom is 0.404 e. The molecule has 2 amide bonds. The number of amides is 2. The van der Waals surface area contributed by atoms with Gasteiger partial charge in [-0.1, -0.05) is 41.5 Å². The molecule has 0 aromatic heterocycles. The molecule has 130 valence electrons. The van der Waals surface area contributed by atoms with Gasteiger partial charge in [-0.25, -0.2) is 9.59 Å². The fourth-order valence-electron chi connectivity index (χ4n) is 3.05. The first-order valence-electron chi connectivity index (χ1n) is 7.40. The molecule has 0 radical (unpaired) electrons. The molecule has 0 spiro atoms. The highest BCUT2D eigenvalue weighted by Gasteiger charge is 2.54. The van der Waals surface area contributed by atoms with E-state index in [0.717, 1.165) is 0 Å². The largest absolute Gasteiger partial charge is 0.450 e. The lowest BCUT2D eigenvalue weighted by Gasteiger charge is -2.54. The third kappa shape index (κ3) is 5.05. The van der Waals surface area contributed by atoms with Crippen molar-refractivity contribution < 1.29 is 19.1 Å². The van der Waals surface area contributed by atoms with E-state index in [1.54, 1.807) is 0 Å². The Balaban J connectivity index is 5.33. The number of carbonyl (C=O) groups is 2. The van der Waals surface area contributed by atoms with Crippen molar-refractivity contribution in [1.82, 2.24) is 0 Å². The summed E-state index contributed by atoms with van der Waals surface area (Å²) in [4.78, 5) is 21.9. The number of ether oxygens (including phenoxy) is 2. The summed E-state index contributed by atoms with van der Waals surface area (Å²) in [6, 6.07) is 0. The Morgan fingerprint density at radius 2 is 1.41 bits per heavy atom. The Hall–Kier alpha value is -1.50. The van der Waals surface area contributed by atoms with E-state index in [-0.39, 0.29) is 17.4 Å². The monoisotopic (exact) mass is 317 g/mol. The van der Waals surface area contributed by atoms with E-state index in [0.29, 0.717) is 12.8 Å². The van der Waals surface area contributed by atoms with Crippen LogP contribution in [-0.2, 0) is 9.47 Å². The summed E-state index contributed by atoms with van der Waals surface area (Å²) in [6.45, 7) is 12.1. The van der Waals surface area contributed by atoms with Gasteiger partial charge in [-0.15, -0.1) is 0 Å². The van der Waals surface area contributed by atoms with Gasteiger partial charge in [-0.3, -0.25) is 0 Å². The van der Waals surface area contributed by atoms with E-state index in [1.165, 1.54) is 0 Å². The van der Waals surface area contributed by atoms with Gasteiger partial charge < -0.3 is 26.7 Å². The lowest BCUT2D eigenvalue weighted by Crippen LogP contribution is -2.68. The molecule has 0 aliphatic carbocycles. The Bertz CT molecular complexity index is 383. The van der Waals surface area contributed by atoms with Crippen LogP contribution in [0.2, 0.25) is 0 Å². The van der Waals surface area contributed by atoms with Gasteiger partial charge in [0.15, 0.2) is 0 Å². The van der Waals surface area contributed by atoms with Crippen LogP contribution in [0.5, 0.6) is 0 Å². The predicted octanol–water partition coefficient (Wildman–Crippen LogP) is 2.12. The molecule has 0 saturated heterocycles. The summed E-state index contributed by atoms with van der Waals surface area (Å²) in [6.07, 6.45) is -1.43. The van der Waals surface area contributed by atoms with E-state index in [9.17, 15) is 9.59 Å². The van der Waals surface area contributed by atoms with Crippen LogP contribution < -0.4 is 17.2 Å². The molecule has 0 rings (SSSR count). The van der Waals surface area contributed by atoms with E-state index >= 15 is 0 Å². The van der Waals surface area contributed by atoms with E-state index in [2.05, 4.69) is 0 Å². The average Bonchev–Trinajstić information content (AvgIpc) is 2.28. The lowest BCUT2D eigenvalue weighted by molar-refractivity contribution is -0.0636. The molecular formula is C15H31N3O4. The zero-order valence-electron chi connectivity index (χ0n) is 14.6. The Labute approximate surface area is 132 Å². The van der Waals surface area contributed by atoms with Crippen molar-refractivity contribution in [2.75, 3.05) is 6.61 Å². The zero-order chi connectivity index (χ0) is 17.8. The van der Waals surface area contributed by atoms with Gasteiger partial charge >= 0.3 is 12.2 Å². The molecule has 6 N–H and O–H groups in total. The normalized spacial score (nSPS) is 14.3. The van der Waals surface area contributed by atoms with E-state index in [4.69, 9.17) is 26.7 Å². The molecule has 7 heteroatoms. The topological polar surface area (TPSA) is 131 Å². The molecule has 1 atom stereocenters. The molecular weight excluding hydrogens is 286 g/mol. The third-order valence-electron chi connectivity index (χ3n) is 4.10. The number of nitrogens with two attached hydrogens (primary N) is 3. The fourth-order valence-corrected chi connectivity index (χ4v) is 3.05. The van der Waals surface area contributed by atoms with Gasteiger partial charge in [-0.05, 0) is 23.7 Å². The van der Waals surface area contributed by atoms with Crippen molar-refractivity contribution in [2.24, 2.45) is 28.0 Å². The van der Waals surface area contributed by atoms with Crippen LogP contribution in [0.1, 0.15) is 54.4 Å².